The molecule has 0 bridgehead atoms. The molecule has 0 spiro atoms. The zero-order valence-electron chi connectivity index (χ0n) is 8.03. The highest BCUT2D eigenvalue weighted by Gasteiger charge is 2.05. The number of aromatic amines is 1. The van der Waals surface area contributed by atoms with Crippen LogP contribution in [0, 0.1) is 0 Å². The summed E-state index contributed by atoms with van der Waals surface area (Å²) in [6, 6.07) is 1.41. The van der Waals surface area contributed by atoms with Crippen molar-refractivity contribution in [3.8, 4) is 11.3 Å². The first-order valence-corrected chi connectivity index (χ1v) is 4.53. The molecule has 7 heteroatoms. The van der Waals surface area contributed by atoms with Crippen LogP contribution >= 0.6 is 0 Å². The van der Waals surface area contributed by atoms with E-state index in [-0.39, 0.29) is 5.56 Å². The number of hydrogen-bond acceptors (Lipinski definition) is 5. The second kappa shape index (κ2) is 3.23. The molecule has 0 atom stereocenters. The lowest BCUT2D eigenvalue weighted by Crippen LogP contribution is -2.14. The van der Waals surface area contributed by atoms with Crippen molar-refractivity contribution in [1.82, 2.24) is 29.5 Å². The van der Waals surface area contributed by atoms with Gasteiger partial charge in [0.05, 0.1) is 5.69 Å². The molecular weight excluding hydrogens is 208 g/mol. The molecule has 0 aliphatic heterocycles. The molecule has 3 aromatic heterocycles. The Morgan fingerprint density at radius 3 is 2.88 bits per heavy atom. The molecule has 1 N–H and O–H groups in total. The minimum Gasteiger partial charge on any atom is -0.278 e. The summed E-state index contributed by atoms with van der Waals surface area (Å²) in [4.78, 5) is 27.5. The van der Waals surface area contributed by atoms with Crippen LogP contribution in [-0.2, 0) is 0 Å². The van der Waals surface area contributed by atoms with Crippen LogP contribution in [0.15, 0.2) is 35.9 Å². The Kier molecular flexibility index (Phi) is 1.76. The molecule has 3 heterocycles. The van der Waals surface area contributed by atoms with Crippen molar-refractivity contribution in [3.05, 3.63) is 41.5 Å². The first kappa shape index (κ1) is 8.72. The highest BCUT2D eigenvalue weighted by atomic mass is 16.1. The summed E-state index contributed by atoms with van der Waals surface area (Å²) in [7, 11) is 0. The molecule has 3 aromatic rings. The summed E-state index contributed by atoms with van der Waals surface area (Å²) in [6.45, 7) is 0. The first-order valence-electron chi connectivity index (χ1n) is 4.53. The summed E-state index contributed by atoms with van der Waals surface area (Å²) in [5.41, 5.74) is 0.976. The Balaban J connectivity index is 2.30. The lowest BCUT2D eigenvalue weighted by molar-refractivity contribution is 0.900. The fourth-order valence-electron chi connectivity index (χ4n) is 1.40. The zero-order valence-corrected chi connectivity index (χ0v) is 8.03. The van der Waals surface area contributed by atoms with E-state index in [1.54, 1.807) is 12.4 Å². The van der Waals surface area contributed by atoms with Gasteiger partial charge in [0.1, 0.15) is 12.7 Å². The van der Waals surface area contributed by atoms with Crippen LogP contribution in [0.4, 0.5) is 0 Å². The van der Waals surface area contributed by atoms with E-state index in [1.165, 1.54) is 23.2 Å². The first-order chi connectivity index (χ1) is 7.84. The fraction of sp³-hybridized carbons (Fsp3) is 0. The van der Waals surface area contributed by atoms with Crippen molar-refractivity contribution in [3.63, 3.8) is 0 Å². The van der Waals surface area contributed by atoms with E-state index in [0.717, 1.165) is 0 Å². The van der Waals surface area contributed by atoms with Crippen molar-refractivity contribution in [1.29, 1.82) is 0 Å². The summed E-state index contributed by atoms with van der Waals surface area (Å²) in [6.07, 6.45) is 6.02. The third kappa shape index (κ3) is 1.26. The fourth-order valence-corrected chi connectivity index (χ4v) is 1.40. The van der Waals surface area contributed by atoms with Crippen molar-refractivity contribution >= 4 is 5.78 Å². The lowest BCUT2D eigenvalue weighted by Gasteiger charge is -1.98. The second-order valence-corrected chi connectivity index (χ2v) is 3.13. The Bertz CT molecular complexity index is 686. The van der Waals surface area contributed by atoms with Crippen LogP contribution in [0.2, 0.25) is 0 Å². The molecule has 78 valence electrons. The Hall–Kier alpha value is -2.57. The normalized spacial score (nSPS) is 10.8. The molecule has 0 aliphatic carbocycles. The average molecular weight is 214 g/mol. The van der Waals surface area contributed by atoms with Gasteiger partial charge >= 0.3 is 0 Å². The van der Waals surface area contributed by atoms with Gasteiger partial charge in [0.25, 0.3) is 11.3 Å². The Morgan fingerprint density at radius 2 is 2.06 bits per heavy atom. The van der Waals surface area contributed by atoms with Crippen LogP contribution in [0.1, 0.15) is 0 Å². The molecule has 0 amide bonds. The number of rotatable bonds is 1. The summed E-state index contributed by atoms with van der Waals surface area (Å²) in [5, 5.41) is 2.67. The molecule has 0 aliphatic rings. The Labute approximate surface area is 88.8 Å². The van der Waals surface area contributed by atoms with Crippen LogP contribution in [-0.4, -0.2) is 29.5 Å². The second-order valence-electron chi connectivity index (χ2n) is 3.13. The molecule has 7 nitrogen and oxygen atoms in total. The minimum atomic E-state index is -0.221. The largest absolute Gasteiger partial charge is 0.278 e. The molecule has 0 unspecified atom stereocenters. The van der Waals surface area contributed by atoms with Crippen LogP contribution in [0.3, 0.4) is 0 Å². The monoisotopic (exact) mass is 214 g/mol. The maximum atomic E-state index is 11.6. The van der Waals surface area contributed by atoms with Gasteiger partial charge in [-0.1, -0.05) is 0 Å². The van der Waals surface area contributed by atoms with Gasteiger partial charge in [0.15, 0.2) is 0 Å². The predicted molar refractivity (Wildman–Crippen MR) is 54.6 cm³/mol. The van der Waals surface area contributed by atoms with E-state index in [9.17, 15) is 4.79 Å². The van der Waals surface area contributed by atoms with E-state index < -0.39 is 0 Å². The number of nitrogens with zero attached hydrogens (tertiary/aromatic N) is 5. The molecule has 0 fully saturated rings. The third-order valence-electron chi connectivity index (χ3n) is 2.12. The maximum absolute atomic E-state index is 11.6. The van der Waals surface area contributed by atoms with Crippen molar-refractivity contribution in [2.75, 3.05) is 0 Å². The predicted octanol–water partition coefficient (Wildman–Crippen LogP) is -0.125. The van der Waals surface area contributed by atoms with E-state index >= 15 is 0 Å². The average Bonchev–Trinajstić information content (AvgIpc) is 2.79. The molecule has 0 radical (unpaired) electrons. The quantitative estimate of drug-likeness (QED) is 0.609. The smallest absolute Gasteiger partial charge is 0.274 e. The topological polar surface area (TPSA) is 88.8 Å². The molecule has 0 saturated heterocycles. The molecular formula is C9H6N6O. The zero-order chi connectivity index (χ0) is 11.0. The number of fused-ring (bicyclic) bond motifs is 1. The number of hydrogen-bond donors (Lipinski definition) is 1. The van der Waals surface area contributed by atoms with Crippen molar-refractivity contribution in [2.45, 2.75) is 0 Å². The highest BCUT2D eigenvalue weighted by Crippen LogP contribution is 2.11. The highest BCUT2D eigenvalue weighted by molar-refractivity contribution is 5.57. The van der Waals surface area contributed by atoms with Gasteiger partial charge in [-0.2, -0.15) is 4.52 Å². The van der Waals surface area contributed by atoms with E-state index in [0.29, 0.717) is 17.0 Å². The molecule has 0 saturated carbocycles. The van der Waals surface area contributed by atoms with Crippen LogP contribution < -0.4 is 5.56 Å². The SMILES string of the molecule is O=c1cc(-c2cncnc2)nc2nc[nH]n12. The molecule has 16 heavy (non-hydrogen) atoms. The lowest BCUT2D eigenvalue weighted by atomic mass is 10.2. The summed E-state index contributed by atoms with van der Waals surface area (Å²) < 4.78 is 1.26. The van der Waals surface area contributed by atoms with E-state index in [1.807, 2.05) is 0 Å². The van der Waals surface area contributed by atoms with Gasteiger partial charge in [0.2, 0.25) is 0 Å². The Morgan fingerprint density at radius 1 is 1.25 bits per heavy atom. The van der Waals surface area contributed by atoms with Gasteiger partial charge in [-0.15, -0.1) is 0 Å². The van der Waals surface area contributed by atoms with Crippen molar-refractivity contribution in [2.24, 2.45) is 0 Å². The molecule has 0 aromatic carbocycles. The number of nitrogens with one attached hydrogen (secondary N) is 1. The standard InChI is InChI=1S/C9H6N6O/c16-8-1-7(6-2-10-4-11-3-6)14-9-12-5-13-15(8)9/h1-5H,(H,12,13,14). The summed E-state index contributed by atoms with van der Waals surface area (Å²) >= 11 is 0. The van der Waals surface area contributed by atoms with Gasteiger partial charge in [-0.25, -0.2) is 19.9 Å². The van der Waals surface area contributed by atoms with Crippen LogP contribution in [0.5, 0.6) is 0 Å². The minimum absolute atomic E-state index is 0.221. The van der Waals surface area contributed by atoms with Crippen LogP contribution in [0.25, 0.3) is 17.0 Å². The third-order valence-corrected chi connectivity index (χ3v) is 2.12. The van der Waals surface area contributed by atoms with E-state index in [2.05, 4.69) is 25.0 Å². The number of aromatic nitrogens is 6. The maximum Gasteiger partial charge on any atom is 0.274 e. The van der Waals surface area contributed by atoms with E-state index in [4.69, 9.17) is 0 Å². The number of H-pyrrole nitrogens is 1. The van der Waals surface area contributed by atoms with Gasteiger partial charge in [0, 0.05) is 24.0 Å². The van der Waals surface area contributed by atoms with Crippen molar-refractivity contribution < 1.29 is 0 Å². The van der Waals surface area contributed by atoms with Gasteiger partial charge < -0.3 is 0 Å². The summed E-state index contributed by atoms with van der Waals surface area (Å²) in [5.74, 6) is 0.325. The molecule has 3 rings (SSSR count). The van der Waals surface area contributed by atoms with Gasteiger partial charge in [-0.3, -0.25) is 9.89 Å². The van der Waals surface area contributed by atoms with Gasteiger partial charge in [-0.05, 0) is 0 Å².